The topological polar surface area (TPSA) is 50.8 Å². The van der Waals surface area contributed by atoms with Crippen molar-refractivity contribution in [3.05, 3.63) is 24.3 Å². The van der Waals surface area contributed by atoms with Gasteiger partial charge in [-0.1, -0.05) is 0 Å². The summed E-state index contributed by atoms with van der Waals surface area (Å²) in [6.45, 7) is 4.88. The maximum absolute atomic E-state index is 12.6. The maximum atomic E-state index is 12.6. The van der Waals surface area contributed by atoms with Gasteiger partial charge in [0.25, 0.3) is 0 Å². The second-order valence-electron chi connectivity index (χ2n) is 6.09. The van der Waals surface area contributed by atoms with Gasteiger partial charge >= 0.3 is 0 Å². The molecule has 2 rings (SSSR count). The Bertz CT molecular complexity index is 487. The zero-order chi connectivity index (χ0) is 16.0. The molecule has 6 heteroatoms. The molecule has 0 spiro atoms. The van der Waals surface area contributed by atoms with Crippen LogP contribution in [0.25, 0.3) is 0 Å². The molecular weight excluding hydrogens is 316 g/mol. The van der Waals surface area contributed by atoms with Crippen molar-refractivity contribution in [2.75, 3.05) is 40.4 Å². The number of ether oxygens (including phenoxy) is 2. The van der Waals surface area contributed by atoms with Crippen LogP contribution in [0.3, 0.4) is 0 Å². The van der Waals surface area contributed by atoms with Crippen molar-refractivity contribution in [2.45, 2.75) is 19.8 Å². The van der Waals surface area contributed by atoms with Crippen molar-refractivity contribution < 1.29 is 14.3 Å². The van der Waals surface area contributed by atoms with Crippen LogP contribution in [0.5, 0.6) is 11.5 Å². The minimum absolute atomic E-state index is 0. The first-order chi connectivity index (χ1) is 10.5. The second kappa shape index (κ2) is 8.99. The number of hydrogen-bond donors (Lipinski definition) is 1. The molecule has 1 aliphatic heterocycles. The highest BCUT2D eigenvalue weighted by atomic mass is 35.5. The number of methoxy groups -OCH3 is 1. The van der Waals surface area contributed by atoms with E-state index in [0.29, 0.717) is 13.2 Å². The van der Waals surface area contributed by atoms with Crippen LogP contribution >= 0.6 is 12.4 Å². The fourth-order valence-corrected chi connectivity index (χ4v) is 2.77. The molecule has 5 nitrogen and oxygen atoms in total. The Morgan fingerprint density at radius 3 is 2.52 bits per heavy atom. The Labute approximate surface area is 144 Å². The number of hydrogen-bond acceptors (Lipinski definition) is 4. The number of nitrogens with one attached hydrogen (secondary N) is 1. The molecular formula is C17H27ClN2O3. The Balaban J connectivity index is 0.00000264. The highest BCUT2D eigenvalue weighted by Gasteiger charge is 2.36. The average molecular weight is 343 g/mol. The number of halogens is 1. The van der Waals surface area contributed by atoms with Crippen molar-refractivity contribution in [3.63, 3.8) is 0 Å². The summed E-state index contributed by atoms with van der Waals surface area (Å²) in [5.74, 6) is 1.78. The molecule has 1 heterocycles. The largest absolute Gasteiger partial charge is 0.497 e. The van der Waals surface area contributed by atoms with Gasteiger partial charge in [0.15, 0.2) is 0 Å². The first-order valence-corrected chi connectivity index (χ1v) is 7.78. The van der Waals surface area contributed by atoms with Crippen LogP contribution in [0.1, 0.15) is 19.8 Å². The van der Waals surface area contributed by atoms with Crippen molar-refractivity contribution in [1.82, 2.24) is 10.2 Å². The lowest BCUT2D eigenvalue weighted by molar-refractivity contribution is -0.141. The molecule has 1 aromatic carbocycles. The first-order valence-electron chi connectivity index (χ1n) is 7.78. The summed E-state index contributed by atoms with van der Waals surface area (Å²) in [7, 11) is 3.48. The van der Waals surface area contributed by atoms with E-state index >= 15 is 0 Å². The van der Waals surface area contributed by atoms with E-state index in [1.807, 2.05) is 38.2 Å². The molecule has 1 atom stereocenters. The highest BCUT2D eigenvalue weighted by Crippen LogP contribution is 2.27. The monoisotopic (exact) mass is 342 g/mol. The minimum Gasteiger partial charge on any atom is -0.497 e. The van der Waals surface area contributed by atoms with Crippen LogP contribution < -0.4 is 14.8 Å². The van der Waals surface area contributed by atoms with Crippen LogP contribution in [-0.2, 0) is 4.79 Å². The van der Waals surface area contributed by atoms with E-state index in [0.717, 1.165) is 37.4 Å². The summed E-state index contributed by atoms with van der Waals surface area (Å²) in [6.07, 6.45) is 2.00. The lowest BCUT2D eigenvalue weighted by Gasteiger charge is -2.36. The van der Waals surface area contributed by atoms with E-state index in [1.165, 1.54) is 0 Å². The van der Waals surface area contributed by atoms with Gasteiger partial charge in [0.1, 0.15) is 18.1 Å². The van der Waals surface area contributed by atoms with Gasteiger partial charge in [0.05, 0.1) is 19.1 Å². The number of likely N-dealkylation sites (N-methyl/N-ethyl adjacent to an activating group) is 1. The zero-order valence-electron chi connectivity index (χ0n) is 14.1. The molecule has 0 aromatic heterocycles. The van der Waals surface area contributed by atoms with Crippen molar-refractivity contribution in [1.29, 1.82) is 0 Å². The summed E-state index contributed by atoms with van der Waals surface area (Å²) < 4.78 is 10.8. The van der Waals surface area contributed by atoms with Gasteiger partial charge in [-0.2, -0.15) is 0 Å². The molecule has 0 aliphatic carbocycles. The molecule has 1 N–H and O–H groups in total. The standard InChI is InChI=1S/C17H26N2O3.ClH/c1-17(9-4-10-18-13-17)16(20)19(2)11-12-22-15-7-5-14(21-3)6-8-15;/h5-8,18H,4,9-13H2,1-3H3;1H. The van der Waals surface area contributed by atoms with Crippen LogP contribution in [-0.4, -0.2) is 51.2 Å². The molecule has 1 fully saturated rings. The summed E-state index contributed by atoms with van der Waals surface area (Å²) in [5, 5.41) is 3.31. The fourth-order valence-electron chi connectivity index (χ4n) is 2.77. The summed E-state index contributed by atoms with van der Waals surface area (Å²) in [5.41, 5.74) is -0.285. The first kappa shape index (κ1) is 19.6. The highest BCUT2D eigenvalue weighted by molar-refractivity contribution is 5.85. The summed E-state index contributed by atoms with van der Waals surface area (Å²) >= 11 is 0. The molecule has 1 amide bonds. The van der Waals surface area contributed by atoms with Crippen molar-refractivity contribution >= 4 is 18.3 Å². The predicted molar refractivity (Wildman–Crippen MR) is 93.6 cm³/mol. The third-order valence-electron chi connectivity index (χ3n) is 4.22. The van der Waals surface area contributed by atoms with Crippen molar-refractivity contribution in [2.24, 2.45) is 5.41 Å². The van der Waals surface area contributed by atoms with E-state index in [2.05, 4.69) is 5.32 Å². The Hall–Kier alpha value is -1.46. The summed E-state index contributed by atoms with van der Waals surface area (Å²) in [6, 6.07) is 7.46. The predicted octanol–water partition coefficient (Wildman–Crippen LogP) is 2.34. The lowest BCUT2D eigenvalue weighted by Crippen LogP contribution is -2.49. The SMILES string of the molecule is COc1ccc(OCCN(C)C(=O)C2(C)CCCNC2)cc1.Cl. The number of amides is 1. The molecule has 0 bridgehead atoms. The molecule has 23 heavy (non-hydrogen) atoms. The third kappa shape index (κ3) is 5.29. The quantitative estimate of drug-likeness (QED) is 0.862. The van der Waals surface area contributed by atoms with Gasteiger partial charge in [-0.05, 0) is 50.6 Å². The molecule has 1 aliphatic rings. The number of carbonyl (C=O) groups is 1. The van der Waals surface area contributed by atoms with Gasteiger partial charge in [-0.3, -0.25) is 4.79 Å². The van der Waals surface area contributed by atoms with Gasteiger partial charge in [0.2, 0.25) is 5.91 Å². The van der Waals surface area contributed by atoms with Gasteiger partial charge in [-0.15, -0.1) is 12.4 Å². The number of piperidine rings is 1. The maximum Gasteiger partial charge on any atom is 0.229 e. The number of nitrogens with zero attached hydrogens (tertiary/aromatic N) is 1. The second-order valence-corrected chi connectivity index (χ2v) is 6.09. The Morgan fingerprint density at radius 1 is 1.30 bits per heavy atom. The van der Waals surface area contributed by atoms with E-state index in [9.17, 15) is 4.79 Å². The van der Waals surface area contributed by atoms with Crippen LogP contribution in [0.15, 0.2) is 24.3 Å². The number of benzene rings is 1. The molecule has 0 radical (unpaired) electrons. The molecule has 1 aromatic rings. The van der Waals surface area contributed by atoms with Crippen LogP contribution in [0.4, 0.5) is 0 Å². The molecule has 130 valence electrons. The average Bonchev–Trinajstić information content (AvgIpc) is 2.55. The normalized spacial score (nSPS) is 20.3. The minimum atomic E-state index is -0.285. The van der Waals surface area contributed by atoms with E-state index in [-0.39, 0.29) is 23.7 Å². The number of rotatable bonds is 6. The van der Waals surface area contributed by atoms with E-state index < -0.39 is 0 Å². The number of carbonyl (C=O) groups excluding carboxylic acids is 1. The Kier molecular flexibility index (Phi) is 7.65. The van der Waals surface area contributed by atoms with E-state index in [4.69, 9.17) is 9.47 Å². The smallest absolute Gasteiger partial charge is 0.229 e. The molecule has 1 saturated heterocycles. The molecule has 1 unspecified atom stereocenters. The van der Waals surface area contributed by atoms with Gasteiger partial charge < -0.3 is 19.7 Å². The summed E-state index contributed by atoms with van der Waals surface area (Å²) in [4.78, 5) is 14.3. The fraction of sp³-hybridized carbons (Fsp3) is 0.588. The molecule has 0 saturated carbocycles. The van der Waals surface area contributed by atoms with Gasteiger partial charge in [-0.25, -0.2) is 0 Å². The lowest BCUT2D eigenvalue weighted by atomic mass is 9.81. The Morgan fingerprint density at radius 2 is 1.96 bits per heavy atom. The third-order valence-corrected chi connectivity index (χ3v) is 4.22. The van der Waals surface area contributed by atoms with Gasteiger partial charge in [0, 0.05) is 13.6 Å². The zero-order valence-corrected chi connectivity index (χ0v) is 14.9. The van der Waals surface area contributed by atoms with Crippen LogP contribution in [0.2, 0.25) is 0 Å². The van der Waals surface area contributed by atoms with E-state index in [1.54, 1.807) is 12.0 Å². The van der Waals surface area contributed by atoms with Crippen LogP contribution in [0, 0.1) is 5.41 Å². The van der Waals surface area contributed by atoms with Crippen molar-refractivity contribution in [3.8, 4) is 11.5 Å².